The van der Waals surface area contributed by atoms with E-state index in [0.717, 1.165) is 48.2 Å². The van der Waals surface area contributed by atoms with Crippen molar-refractivity contribution in [3.63, 3.8) is 0 Å². The van der Waals surface area contributed by atoms with E-state index in [1.807, 2.05) is 42.5 Å². The first kappa shape index (κ1) is 18.6. The number of β-amino-alcohol motifs (C(OH)–C–C–N with tert-alkyl or cyclic N) is 1. The van der Waals surface area contributed by atoms with Crippen LogP contribution in [0.3, 0.4) is 0 Å². The van der Waals surface area contributed by atoms with Crippen LogP contribution in [0.15, 0.2) is 66.7 Å². The van der Waals surface area contributed by atoms with Gasteiger partial charge in [-0.05, 0) is 41.3 Å². The molecule has 3 aromatic rings. The molecule has 2 heterocycles. The van der Waals surface area contributed by atoms with E-state index < -0.39 is 12.2 Å². The maximum atomic E-state index is 10.8. The highest BCUT2D eigenvalue weighted by atomic mass is 16.5. The maximum Gasteiger partial charge on any atom is 0.125 e. The largest absolute Gasteiger partial charge is 0.487 e. The van der Waals surface area contributed by atoms with Gasteiger partial charge in [-0.2, -0.15) is 0 Å². The van der Waals surface area contributed by atoms with Crippen molar-refractivity contribution >= 4 is 10.8 Å². The zero-order valence-corrected chi connectivity index (χ0v) is 16.5. The van der Waals surface area contributed by atoms with Crippen molar-refractivity contribution in [2.45, 2.75) is 37.1 Å². The third-order valence-electron chi connectivity index (χ3n) is 6.53. The number of likely N-dealkylation sites (tertiary alicyclic amines) is 1. The van der Waals surface area contributed by atoms with Crippen LogP contribution in [-0.4, -0.2) is 40.3 Å². The van der Waals surface area contributed by atoms with E-state index in [1.165, 1.54) is 5.39 Å². The molecule has 0 saturated carbocycles. The third kappa shape index (κ3) is 3.64. The fraction of sp³-hybridized carbons (Fsp3) is 0.360. The third-order valence-corrected chi connectivity index (χ3v) is 6.53. The van der Waals surface area contributed by atoms with Gasteiger partial charge in [0.05, 0.1) is 12.2 Å². The van der Waals surface area contributed by atoms with Crippen molar-refractivity contribution in [2.75, 3.05) is 19.6 Å². The van der Waals surface area contributed by atoms with Gasteiger partial charge < -0.3 is 19.8 Å². The lowest BCUT2D eigenvalue weighted by Crippen LogP contribution is -2.51. The summed E-state index contributed by atoms with van der Waals surface area (Å²) >= 11 is 0. The first-order valence-corrected chi connectivity index (χ1v) is 10.5. The molecule has 2 aliphatic heterocycles. The number of aliphatic hydroxyl groups is 2. The minimum atomic E-state index is -0.507. The van der Waals surface area contributed by atoms with Crippen LogP contribution in [0.2, 0.25) is 0 Å². The average Bonchev–Trinajstić information content (AvgIpc) is 2.75. The van der Waals surface area contributed by atoms with Crippen molar-refractivity contribution in [3.8, 4) is 5.75 Å². The van der Waals surface area contributed by atoms with E-state index in [9.17, 15) is 10.2 Å². The molecule has 1 spiro atoms. The van der Waals surface area contributed by atoms with Crippen LogP contribution in [0.25, 0.3) is 10.8 Å². The molecule has 0 amide bonds. The second-order valence-corrected chi connectivity index (χ2v) is 8.47. The van der Waals surface area contributed by atoms with Gasteiger partial charge in [0, 0.05) is 31.6 Å². The zero-order chi connectivity index (χ0) is 19.8. The van der Waals surface area contributed by atoms with Gasteiger partial charge in [-0.1, -0.05) is 54.6 Å². The van der Waals surface area contributed by atoms with Crippen LogP contribution in [0.1, 0.15) is 42.6 Å². The van der Waals surface area contributed by atoms with Crippen LogP contribution >= 0.6 is 0 Å². The number of rotatable bonds is 3. The van der Waals surface area contributed by atoms with Gasteiger partial charge in [0.15, 0.2) is 0 Å². The van der Waals surface area contributed by atoms with Crippen LogP contribution in [0.4, 0.5) is 0 Å². The number of para-hydroxylation sites is 1. The lowest BCUT2D eigenvalue weighted by Gasteiger charge is -2.46. The van der Waals surface area contributed by atoms with E-state index in [2.05, 4.69) is 29.2 Å². The minimum Gasteiger partial charge on any atom is -0.487 e. The molecule has 0 radical (unpaired) electrons. The molecule has 1 saturated heterocycles. The summed E-state index contributed by atoms with van der Waals surface area (Å²) < 4.78 is 6.37. The van der Waals surface area contributed by atoms with Gasteiger partial charge in [-0.25, -0.2) is 0 Å². The van der Waals surface area contributed by atoms with Crippen LogP contribution in [-0.2, 0) is 0 Å². The Bertz CT molecular complexity index is 1010. The summed E-state index contributed by atoms with van der Waals surface area (Å²) in [6, 6.07) is 22.2. The Labute approximate surface area is 171 Å². The fourth-order valence-electron chi connectivity index (χ4n) is 4.80. The number of piperidine rings is 1. The van der Waals surface area contributed by atoms with Gasteiger partial charge in [0.2, 0.25) is 0 Å². The van der Waals surface area contributed by atoms with E-state index >= 15 is 0 Å². The van der Waals surface area contributed by atoms with Crippen molar-refractivity contribution in [3.05, 3.63) is 77.9 Å². The van der Waals surface area contributed by atoms with E-state index in [4.69, 9.17) is 4.74 Å². The number of hydrogen-bond donors (Lipinski definition) is 2. The van der Waals surface area contributed by atoms with E-state index in [0.29, 0.717) is 13.0 Å². The average molecular weight is 389 g/mol. The van der Waals surface area contributed by atoms with Gasteiger partial charge in [-0.15, -0.1) is 0 Å². The van der Waals surface area contributed by atoms with E-state index in [1.54, 1.807) is 0 Å². The first-order valence-electron chi connectivity index (χ1n) is 10.5. The van der Waals surface area contributed by atoms with Crippen LogP contribution < -0.4 is 4.74 Å². The standard InChI is InChI=1S/C25H27NO3/c27-22-16-25(29-24-8-4-3-7-21(22)24)11-13-26(14-12-25)17-23(28)20-10-9-18-5-1-2-6-19(18)15-20/h1-10,15,22-23,27-28H,11-14,16-17H2/t22-,23+/m0/s1. The number of fused-ring (bicyclic) bond motifs is 2. The molecule has 1 fully saturated rings. The smallest absolute Gasteiger partial charge is 0.125 e. The molecule has 29 heavy (non-hydrogen) atoms. The SMILES string of the molecule is O[C@H](CN1CCC2(CC1)C[C@H](O)c1ccccc1O2)c1ccc2ccccc2c1. The van der Waals surface area contributed by atoms with Gasteiger partial charge >= 0.3 is 0 Å². The van der Waals surface area contributed by atoms with Crippen molar-refractivity contribution in [1.29, 1.82) is 0 Å². The Morgan fingerprint density at radius 3 is 2.52 bits per heavy atom. The highest BCUT2D eigenvalue weighted by Crippen LogP contribution is 2.44. The molecule has 4 heteroatoms. The molecule has 150 valence electrons. The summed E-state index contributed by atoms with van der Waals surface area (Å²) in [6.07, 6.45) is 1.40. The van der Waals surface area contributed by atoms with E-state index in [-0.39, 0.29) is 5.60 Å². The number of benzene rings is 3. The summed E-state index contributed by atoms with van der Waals surface area (Å²) in [5.41, 5.74) is 1.56. The number of aliphatic hydroxyl groups excluding tert-OH is 2. The molecule has 4 nitrogen and oxygen atoms in total. The lowest BCUT2D eigenvalue weighted by molar-refractivity contribution is -0.0587. The molecular weight excluding hydrogens is 362 g/mol. The summed E-state index contributed by atoms with van der Waals surface area (Å²) in [5.74, 6) is 0.816. The second-order valence-electron chi connectivity index (χ2n) is 8.47. The van der Waals surface area contributed by atoms with Crippen LogP contribution in [0, 0.1) is 0 Å². The molecule has 0 aromatic heterocycles. The summed E-state index contributed by atoms with van der Waals surface area (Å²) in [6.45, 7) is 2.34. The highest BCUT2D eigenvalue weighted by Gasteiger charge is 2.42. The lowest BCUT2D eigenvalue weighted by atomic mass is 9.81. The van der Waals surface area contributed by atoms with Crippen molar-refractivity contribution in [1.82, 2.24) is 4.90 Å². The Morgan fingerprint density at radius 2 is 1.69 bits per heavy atom. The zero-order valence-electron chi connectivity index (χ0n) is 16.5. The molecule has 0 aliphatic carbocycles. The predicted molar refractivity (Wildman–Crippen MR) is 114 cm³/mol. The van der Waals surface area contributed by atoms with Crippen molar-refractivity contribution in [2.24, 2.45) is 0 Å². The molecule has 0 bridgehead atoms. The quantitative estimate of drug-likeness (QED) is 0.704. The Kier molecular flexibility index (Phi) is 4.78. The maximum absolute atomic E-state index is 10.8. The first-order chi connectivity index (χ1) is 14.1. The molecule has 0 unspecified atom stereocenters. The molecule has 3 aromatic carbocycles. The summed E-state index contributed by atoms with van der Waals surface area (Å²) in [5, 5.41) is 23.7. The Morgan fingerprint density at radius 1 is 0.966 bits per heavy atom. The molecule has 2 aliphatic rings. The summed E-state index contributed by atoms with van der Waals surface area (Å²) in [7, 11) is 0. The van der Waals surface area contributed by atoms with Gasteiger partial charge in [0.1, 0.15) is 11.4 Å². The summed E-state index contributed by atoms with van der Waals surface area (Å²) in [4.78, 5) is 2.31. The van der Waals surface area contributed by atoms with Crippen LogP contribution in [0.5, 0.6) is 5.75 Å². The number of nitrogens with zero attached hydrogens (tertiary/aromatic N) is 1. The second kappa shape index (κ2) is 7.45. The molecule has 5 rings (SSSR count). The highest BCUT2D eigenvalue weighted by molar-refractivity contribution is 5.83. The molecule has 2 N–H and O–H groups in total. The van der Waals surface area contributed by atoms with Gasteiger partial charge in [0.25, 0.3) is 0 Å². The molecule has 2 atom stereocenters. The van der Waals surface area contributed by atoms with Crippen molar-refractivity contribution < 1.29 is 14.9 Å². The Balaban J connectivity index is 1.24. The minimum absolute atomic E-state index is 0.293. The monoisotopic (exact) mass is 389 g/mol. The number of ether oxygens (including phenoxy) is 1. The molecular formula is C25H27NO3. The topological polar surface area (TPSA) is 52.9 Å². The fourth-order valence-corrected chi connectivity index (χ4v) is 4.80. The number of hydrogen-bond acceptors (Lipinski definition) is 4. The van der Waals surface area contributed by atoms with Gasteiger partial charge in [-0.3, -0.25) is 0 Å². The normalized spacial score (nSPS) is 22.2. The predicted octanol–water partition coefficient (Wildman–Crippen LogP) is 4.22. The Hall–Kier alpha value is -2.40.